The number of aromatic nitrogens is 2. The summed E-state index contributed by atoms with van der Waals surface area (Å²) in [4.78, 5) is 25.8. The number of H-pyrrole nitrogens is 1. The van der Waals surface area contributed by atoms with Crippen molar-refractivity contribution >= 4 is 0 Å². The topological polar surface area (TPSA) is 123 Å². The maximum absolute atomic E-state index is 12.3. The summed E-state index contributed by atoms with van der Waals surface area (Å²) in [5, 5.41) is 19.8. The second-order valence-corrected chi connectivity index (χ2v) is 7.27. The van der Waals surface area contributed by atoms with E-state index in [1.165, 1.54) is 16.8 Å². The summed E-state index contributed by atoms with van der Waals surface area (Å²) in [6.45, 7) is 0.773. The lowest BCUT2D eigenvalue weighted by Crippen LogP contribution is -2.52. The molecular weight excluding hydrogens is 332 g/mol. The minimum Gasteiger partial charge on any atom is -0.393 e. The molecule has 3 atom stereocenters. The lowest BCUT2D eigenvalue weighted by molar-refractivity contribution is -0.256. The van der Waals surface area contributed by atoms with Crippen LogP contribution in [-0.4, -0.2) is 56.1 Å². The SMILES string of the molecule is C[C@@]12OC3(CCCC3)OC1C(CO)(CO)O[C@H]2n1ccc(=O)[nH]c1=O. The largest absolute Gasteiger partial charge is 0.393 e. The van der Waals surface area contributed by atoms with Crippen molar-refractivity contribution in [1.29, 1.82) is 0 Å². The molecule has 0 bridgehead atoms. The van der Waals surface area contributed by atoms with Crippen molar-refractivity contribution in [2.24, 2.45) is 0 Å². The first-order valence-corrected chi connectivity index (χ1v) is 8.47. The summed E-state index contributed by atoms with van der Waals surface area (Å²) < 4.78 is 19.6. The molecule has 2 saturated heterocycles. The second-order valence-electron chi connectivity index (χ2n) is 7.27. The van der Waals surface area contributed by atoms with E-state index in [-0.39, 0.29) is 0 Å². The highest BCUT2D eigenvalue weighted by atomic mass is 16.8. The molecule has 9 nitrogen and oxygen atoms in total. The Balaban J connectivity index is 1.82. The monoisotopic (exact) mass is 354 g/mol. The van der Waals surface area contributed by atoms with Gasteiger partial charge < -0.3 is 24.4 Å². The predicted octanol–water partition coefficient (Wildman–Crippen LogP) is -0.767. The van der Waals surface area contributed by atoms with E-state index in [0.29, 0.717) is 12.8 Å². The molecule has 3 N–H and O–H groups in total. The number of aliphatic hydroxyl groups excluding tert-OH is 2. The van der Waals surface area contributed by atoms with E-state index >= 15 is 0 Å². The number of aliphatic hydroxyl groups is 2. The van der Waals surface area contributed by atoms with Crippen LogP contribution in [0, 0.1) is 0 Å². The third kappa shape index (κ3) is 2.27. The molecule has 0 aromatic carbocycles. The Labute approximate surface area is 143 Å². The fraction of sp³-hybridized carbons (Fsp3) is 0.750. The number of nitrogens with one attached hydrogen (secondary N) is 1. The van der Waals surface area contributed by atoms with Crippen molar-refractivity contribution in [3.05, 3.63) is 33.1 Å². The van der Waals surface area contributed by atoms with Gasteiger partial charge >= 0.3 is 5.69 Å². The van der Waals surface area contributed by atoms with Gasteiger partial charge in [-0.3, -0.25) is 14.3 Å². The van der Waals surface area contributed by atoms with Gasteiger partial charge in [-0.1, -0.05) is 0 Å². The highest BCUT2D eigenvalue weighted by molar-refractivity contribution is 5.14. The summed E-state index contributed by atoms with van der Waals surface area (Å²) in [5.74, 6) is -0.789. The normalized spacial score (nSPS) is 35.3. The smallest absolute Gasteiger partial charge is 0.330 e. The first-order chi connectivity index (χ1) is 11.9. The third-order valence-corrected chi connectivity index (χ3v) is 5.58. The summed E-state index contributed by atoms with van der Waals surface area (Å²) in [6.07, 6.45) is 2.94. The zero-order valence-electron chi connectivity index (χ0n) is 13.9. The summed E-state index contributed by atoms with van der Waals surface area (Å²) in [6, 6.07) is 1.21. The average Bonchev–Trinajstić information content (AvgIpc) is 3.21. The van der Waals surface area contributed by atoms with Crippen molar-refractivity contribution in [3.8, 4) is 0 Å². The molecule has 2 aliphatic heterocycles. The van der Waals surface area contributed by atoms with Crippen LogP contribution in [0.25, 0.3) is 0 Å². The average molecular weight is 354 g/mol. The number of nitrogens with zero attached hydrogens (tertiary/aromatic N) is 1. The van der Waals surface area contributed by atoms with Gasteiger partial charge in [0, 0.05) is 25.1 Å². The van der Waals surface area contributed by atoms with E-state index in [4.69, 9.17) is 14.2 Å². The third-order valence-electron chi connectivity index (χ3n) is 5.58. The summed E-state index contributed by atoms with van der Waals surface area (Å²) in [5.41, 5.74) is -3.67. The fourth-order valence-electron chi connectivity index (χ4n) is 4.39. The number of hydrogen-bond acceptors (Lipinski definition) is 7. The molecule has 4 rings (SSSR count). The molecule has 0 radical (unpaired) electrons. The summed E-state index contributed by atoms with van der Waals surface area (Å²) in [7, 11) is 0. The van der Waals surface area contributed by atoms with Crippen LogP contribution in [0.1, 0.15) is 38.8 Å². The predicted molar refractivity (Wildman–Crippen MR) is 83.9 cm³/mol. The Kier molecular flexibility index (Phi) is 3.71. The van der Waals surface area contributed by atoms with Crippen LogP contribution in [0.2, 0.25) is 0 Å². The standard InChI is InChI=1S/C16H22N2O7/c1-14-11(23-16(25-14)5-2-3-6-16)15(8-19,9-20)24-12(14)18-7-4-10(21)17-13(18)22/h4,7,11-12,19-20H,2-3,5-6,8-9H2,1H3,(H,17,21,22)/t11?,12-,14-/m1/s1. The lowest BCUT2D eigenvalue weighted by Gasteiger charge is -2.33. The minimum atomic E-state index is -1.40. The van der Waals surface area contributed by atoms with Gasteiger partial charge in [-0.25, -0.2) is 4.79 Å². The Morgan fingerprint density at radius 1 is 1.24 bits per heavy atom. The first kappa shape index (κ1) is 16.9. The highest BCUT2D eigenvalue weighted by Gasteiger charge is 2.71. The lowest BCUT2D eigenvalue weighted by atomic mass is 9.88. The van der Waals surface area contributed by atoms with Crippen molar-refractivity contribution in [1.82, 2.24) is 9.55 Å². The quantitative estimate of drug-likeness (QED) is 0.651. The van der Waals surface area contributed by atoms with E-state index in [1.807, 2.05) is 0 Å². The highest BCUT2D eigenvalue weighted by Crippen LogP contribution is 2.57. The molecule has 1 aromatic heterocycles. The molecule has 0 amide bonds. The van der Waals surface area contributed by atoms with Crippen molar-refractivity contribution in [3.63, 3.8) is 0 Å². The maximum atomic E-state index is 12.3. The number of ether oxygens (including phenoxy) is 3. The van der Waals surface area contributed by atoms with Crippen molar-refractivity contribution < 1.29 is 24.4 Å². The molecule has 1 aliphatic carbocycles. The molecule has 3 heterocycles. The molecule has 138 valence electrons. The molecular formula is C16H22N2O7. The maximum Gasteiger partial charge on any atom is 0.330 e. The van der Waals surface area contributed by atoms with Crippen LogP contribution in [0.3, 0.4) is 0 Å². The van der Waals surface area contributed by atoms with Gasteiger partial charge in [0.2, 0.25) is 0 Å². The van der Waals surface area contributed by atoms with Gasteiger partial charge in [0.05, 0.1) is 13.2 Å². The van der Waals surface area contributed by atoms with Crippen LogP contribution in [0.15, 0.2) is 21.9 Å². The molecule has 1 unspecified atom stereocenters. The Bertz CT molecular complexity index is 777. The molecule has 1 spiro atoms. The van der Waals surface area contributed by atoms with Gasteiger partial charge in [0.25, 0.3) is 5.56 Å². The van der Waals surface area contributed by atoms with Crippen LogP contribution in [0.5, 0.6) is 0 Å². The number of rotatable bonds is 3. The zero-order chi connectivity index (χ0) is 17.9. The van der Waals surface area contributed by atoms with E-state index in [2.05, 4.69) is 4.98 Å². The first-order valence-electron chi connectivity index (χ1n) is 8.47. The minimum absolute atomic E-state index is 0.488. The van der Waals surface area contributed by atoms with Gasteiger partial charge in [0.1, 0.15) is 17.3 Å². The van der Waals surface area contributed by atoms with Crippen LogP contribution < -0.4 is 11.2 Å². The number of aromatic amines is 1. The van der Waals surface area contributed by atoms with Gasteiger partial charge in [-0.2, -0.15) is 0 Å². The Morgan fingerprint density at radius 2 is 1.92 bits per heavy atom. The summed E-state index contributed by atoms with van der Waals surface area (Å²) >= 11 is 0. The van der Waals surface area contributed by atoms with E-state index < -0.39 is 53.8 Å². The zero-order valence-corrected chi connectivity index (χ0v) is 13.9. The molecule has 3 aliphatic rings. The van der Waals surface area contributed by atoms with Crippen LogP contribution >= 0.6 is 0 Å². The molecule has 1 saturated carbocycles. The van der Waals surface area contributed by atoms with E-state index in [9.17, 15) is 19.8 Å². The second kappa shape index (κ2) is 5.49. The fourth-order valence-corrected chi connectivity index (χ4v) is 4.39. The van der Waals surface area contributed by atoms with Crippen LogP contribution in [0.4, 0.5) is 0 Å². The van der Waals surface area contributed by atoms with Gasteiger partial charge in [0.15, 0.2) is 12.0 Å². The Morgan fingerprint density at radius 3 is 2.52 bits per heavy atom. The molecule has 1 aromatic rings. The number of hydrogen-bond donors (Lipinski definition) is 3. The Hall–Kier alpha value is -1.52. The molecule has 9 heteroatoms. The molecule has 25 heavy (non-hydrogen) atoms. The van der Waals surface area contributed by atoms with E-state index in [0.717, 1.165) is 12.8 Å². The van der Waals surface area contributed by atoms with Crippen molar-refractivity contribution in [2.45, 2.75) is 61.9 Å². The van der Waals surface area contributed by atoms with Gasteiger partial charge in [-0.15, -0.1) is 0 Å². The van der Waals surface area contributed by atoms with E-state index in [1.54, 1.807) is 6.92 Å². The van der Waals surface area contributed by atoms with Crippen molar-refractivity contribution in [2.75, 3.05) is 13.2 Å². The molecule has 3 fully saturated rings. The van der Waals surface area contributed by atoms with Crippen LogP contribution in [-0.2, 0) is 14.2 Å². The number of fused-ring (bicyclic) bond motifs is 1. The van der Waals surface area contributed by atoms with Gasteiger partial charge in [-0.05, 0) is 19.8 Å².